The standard InChI is InChI=1S/C3H3BFIO6/c5-1(2(7)8)3(9)11-4(10)12-6/h1,10H,(H,7,8). The van der Waals surface area contributed by atoms with E-state index in [4.69, 9.17) is 10.1 Å². The highest BCUT2D eigenvalue weighted by Gasteiger charge is 2.32. The maximum atomic E-state index is 12.2. The molecule has 0 aromatic rings. The van der Waals surface area contributed by atoms with Gasteiger partial charge in [0.25, 0.3) is 6.17 Å². The quantitative estimate of drug-likeness (QED) is 0.404. The lowest BCUT2D eigenvalue weighted by molar-refractivity contribution is -0.155. The van der Waals surface area contributed by atoms with E-state index in [-0.39, 0.29) is 0 Å². The lowest BCUT2D eigenvalue weighted by Crippen LogP contribution is -2.33. The van der Waals surface area contributed by atoms with Crippen molar-refractivity contribution in [1.29, 1.82) is 0 Å². The van der Waals surface area contributed by atoms with E-state index in [2.05, 4.69) is 7.64 Å². The van der Waals surface area contributed by atoms with Crippen LogP contribution in [0.25, 0.3) is 0 Å². The van der Waals surface area contributed by atoms with Gasteiger partial charge in [0.1, 0.15) is 0 Å². The minimum absolute atomic E-state index is 1.19. The first-order valence-electron chi connectivity index (χ1n) is 2.52. The van der Waals surface area contributed by atoms with E-state index in [1.54, 1.807) is 0 Å². The number of aliphatic carboxylic acids is 1. The summed E-state index contributed by atoms with van der Waals surface area (Å²) in [5.41, 5.74) is 0. The van der Waals surface area contributed by atoms with Crippen molar-refractivity contribution in [3.05, 3.63) is 0 Å². The molecule has 9 heteroatoms. The molecule has 0 aliphatic heterocycles. The van der Waals surface area contributed by atoms with Crippen molar-refractivity contribution in [3.8, 4) is 0 Å². The first-order chi connectivity index (χ1) is 5.49. The molecule has 0 rings (SSSR count). The van der Waals surface area contributed by atoms with E-state index in [1.807, 2.05) is 0 Å². The summed E-state index contributed by atoms with van der Waals surface area (Å²) in [6.45, 7) is 0. The highest BCUT2D eigenvalue weighted by Crippen LogP contribution is 1.99. The van der Waals surface area contributed by atoms with E-state index in [0.29, 0.717) is 0 Å². The van der Waals surface area contributed by atoms with Gasteiger partial charge in [-0.1, -0.05) is 0 Å². The van der Waals surface area contributed by atoms with Gasteiger partial charge in [-0.3, -0.25) is 0 Å². The number of hydrogen-bond acceptors (Lipinski definition) is 5. The molecule has 0 radical (unpaired) electrons. The van der Waals surface area contributed by atoms with E-state index >= 15 is 0 Å². The van der Waals surface area contributed by atoms with Gasteiger partial charge in [-0.05, 0) is 0 Å². The van der Waals surface area contributed by atoms with Crippen molar-refractivity contribution in [3.63, 3.8) is 0 Å². The summed E-state index contributed by atoms with van der Waals surface area (Å²) in [4.78, 5) is 20.1. The second-order valence-corrected chi connectivity index (χ2v) is 2.04. The zero-order valence-corrected chi connectivity index (χ0v) is 7.60. The highest BCUT2D eigenvalue weighted by molar-refractivity contribution is 14.1. The number of carboxylic acids is 1. The SMILES string of the molecule is O=C(O)C(F)C(=O)OB(O)OI. The average Bonchev–Trinajstić information content (AvgIpc) is 2.02. The van der Waals surface area contributed by atoms with Crippen LogP contribution in [-0.4, -0.2) is 35.6 Å². The molecule has 0 bridgehead atoms. The van der Waals surface area contributed by atoms with Crippen LogP contribution in [0.2, 0.25) is 0 Å². The average molecular weight is 292 g/mol. The van der Waals surface area contributed by atoms with Gasteiger partial charge in [-0.2, -0.15) is 0 Å². The van der Waals surface area contributed by atoms with Gasteiger partial charge in [-0.25, -0.2) is 14.0 Å². The first-order valence-corrected chi connectivity index (χ1v) is 3.40. The number of hydrogen-bond donors (Lipinski definition) is 2. The molecule has 0 aliphatic carbocycles. The van der Waals surface area contributed by atoms with Gasteiger partial charge >= 0.3 is 19.3 Å². The van der Waals surface area contributed by atoms with Crippen molar-refractivity contribution in [2.24, 2.45) is 0 Å². The third-order valence-electron chi connectivity index (χ3n) is 0.717. The van der Waals surface area contributed by atoms with Crippen LogP contribution in [0.3, 0.4) is 0 Å². The molecule has 0 saturated carbocycles. The van der Waals surface area contributed by atoms with Crippen LogP contribution in [0.1, 0.15) is 0 Å². The fraction of sp³-hybridized carbons (Fsp3) is 0.333. The molecule has 6 nitrogen and oxygen atoms in total. The van der Waals surface area contributed by atoms with Crippen LogP contribution >= 0.6 is 23.0 Å². The van der Waals surface area contributed by atoms with Gasteiger partial charge in [0.15, 0.2) is 0 Å². The van der Waals surface area contributed by atoms with Gasteiger partial charge in [0, 0.05) is 0 Å². The monoisotopic (exact) mass is 292 g/mol. The minimum atomic E-state index is -2.81. The number of alkyl halides is 1. The molecular formula is C3H3BFIO6. The number of carbonyl (C=O) groups excluding carboxylic acids is 1. The van der Waals surface area contributed by atoms with Crippen molar-refractivity contribution in [2.45, 2.75) is 6.17 Å². The number of rotatable bonds is 4. The van der Waals surface area contributed by atoms with Crippen molar-refractivity contribution < 1.29 is 31.7 Å². The van der Waals surface area contributed by atoms with Gasteiger partial charge in [0.05, 0.1) is 23.0 Å². The smallest absolute Gasteiger partial charge is 0.482 e. The Bertz CT molecular complexity index is 188. The fourth-order valence-corrected chi connectivity index (χ4v) is 0.382. The Balaban J connectivity index is 3.95. The maximum Gasteiger partial charge on any atom is 0.722 e. The second-order valence-electron chi connectivity index (χ2n) is 1.53. The molecule has 0 aromatic heterocycles. The molecule has 0 saturated heterocycles. The van der Waals surface area contributed by atoms with Crippen LogP contribution in [0.4, 0.5) is 4.39 Å². The molecule has 1 unspecified atom stereocenters. The largest absolute Gasteiger partial charge is 0.722 e. The summed E-state index contributed by atoms with van der Waals surface area (Å²) in [5.74, 6) is -3.70. The predicted molar refractivity (Wildman–Crippen MR) is 41.7 cm³/mol. The van der Waals surface area contributed by atoms with Gasteiger partial charge in [0.2, 0.25) is 0 Å². The van der Waals surface area contributed by atoms with Crippen LogP contribution in [0.15, 0.2) is 0 Å². The molecule has 2 N–H and O–H groups in total. The topological polar surface area (TPSA) is 93.1 Å². The summed E-state index contributed by atoms with van der Waals surface area (Å²) in [5, 5.41) is 16.4. The normalized spacial score (nSPS) is 11.9. The molecule has 0 spiro atoms. The van der Waals surface area contributed by atoms with Crippen LogP contribution < -0.4 is 0 Å². The minimum Gasteiger partial charge on any atom is -0.482 e. The van der Waals surface area contributed by atoms with Crippen molar-refractivity contribution in [2.75, 3.05) is 0 Å². The number of halogens is 2. The summed E-state index contributed by atoms with van der Waals surface area (Å²) in [6.07, 6.45) is -2.81. The Labute approximate surface area is 80.5 Å². The van der Waals surface area contributed by atoms with Gasteiger partial charge in [-0.15, -0.1) is 0 Å². The summed E-state index contributed by atoms with van der Waals surface area (Å²) >= 11 is 1.19. The molecule has 0 aromatic carbocycles. The third kappa shape index (κ3) is 3.83. The fourth-order valence-electron chi connectivity index (χ4n) is 0.278. The Morgan fingerprint density at radius 1 is 1.58 bits per heavy atom. The van der Waals surface area contributed by atoms with Crippen LogP contribution in [0, 0.1) is 0 Å². The molecule has 0 heterocycles. The summed E-state index contributed by atoms with van der Waals surface area (Å²) in [6, 6.07) is 0. The Morgan fingerprint density at radius 3 is 2.42 bits per heavy atom. The summed E-state index contributed by atoms with van der Waals surface area (Å²) < 4.78 is 19.9. The Kier molecular flexibility index (Phi) is 5.09. The van der Waals surface area contributed by atoms with Crippen molar-refractivity contribution >= 4 is 42.3 Å². The van der Waals surface area contributed by atoms with Crippen LogP contribution in [-0.2, 0) is 17.2 Å². The number of carbonyl (C=O) groups is 2. The lowest BCUT2D eigenvalue weighted by Gasteiger charge is -2.04. The lowest BCUT2D eigenvalue weighted by atomic mass is 10.2. The number of carboxylic acid groups (broad SMARTS) is 1. The van der Waals surface area contributed by atoms with Crippen molar-refractivity contribution in [1.82, 2.24) is 0 Å². The van der Waals surface area contributed by atoms with E-state index in [0.717, 1.165) is 0 Å². The zero-order valence-electron chi connectivity index (χ0n) is 5.44. The van der Waals surface area contributed by atoms with E-state index < -0.39 is 25.4 Å². The molecular weight excluding hydrogens is 289 g/mol. The van der Waals surface area contributed by atoms with Gasteiger partial charge < -0.3 is 17.8 Å². The van der Waals surface area contributed by atoms with E-state index in [1.165, 1.54) is 23.0 Å². The molecule has 0 aliphatic rings. The zero-order chi connectivity index (χ0) is 9.72. The maximum absolute atomic E-state index is 12.2. The molecule has 1 atom stereocenters. The third-order valence-corrected chi connectivity index (χ3v) is 1.15. The highest BCUT2D eigenvalue weighted by atomic mass is 127. The second kappa shape index (κ2) is 5.27. The Morgan fingerprint density at radius 2 is 2.08 bits per heavy atom. The van der Waals surface area contributed by atoms with Crippen LogP contribution in [0.5, 0.6) is 0 Å². The molecule has 0 amide bonds. The van der Waals surface area contributed by atoms with E-state index in [9.17, 15) is 14.0 Å². The predicted octanol–water partition coefficient (Wildman–Crippen LogP) is -0.704. The molecule has 12 heavy (non-hydrogen) atoms. The molecule has 68 valence electrons. The molecule has 0 fully saturated rings. The summed E-state index contributed by atoms with van der Waals surface area (Å²) in [7, 11) is -1.96. The Hall–Kier alpha value is -0.415. The first kappa shape index (κ1) is 11.6.